The number of hydrogen-bond donors (Lipinski definition) is 3. The Bertz CT molecular complexity index is 1060. The van der Waals surface area contributed by atoms with Crippen molar-refractivity contribution in [1.29, 1.82) is 0 Å². The van der Waals surface area contributed by atoms with Gasteiger partial charge in [-0.1, -0.05) is 63.5 Å². The number of aromatic nitrogens is 1. The van der Waals surface area contributed by atoms with Gasteiger partial charge in [0.1, 0.15) is 11.9 Å². The van der Waals surface area contributed by atoms with Crippen LogP contribution in [-0.4, -0.2) is 46.4 Å². The Balaban J connectivity index is 1.23. The smallest absolute Gasteiger partial charge is 0.243 e. The quantitative estimate of drug-likeness (QED) is 0.483. The number of fused-ring (bicyclic) bond motifs is 1. The molecule has 0 unspecified atom stereocenters. The van der Waals surface area contributed by atoms with Crippen LogP contribution in [0.2, 0.25) is 0 Å². The van der Waals surface area contributed by atoms with E-state index in [2.05, 4.69) is 15.6 Å². The first-order valence-corrected chi connectivity index (χ1v) is 14.6. The zero-order valence-corrected chi connectivity index (χ0v) is 22.1. The van der Waals surface area contributed by atoms with Gasteiger partial charge in [-0.15, -0.1) is 0 Å². The summed E-state index contributed by atoms with van der Waals surface area (Å²) in [6.07, 6.45) is 16.7. The van der Waals surface area contributed by atoms with Gasteiger partial charge in [0, 0.05) is 30.7 Å². The fraction of sp³-hybridized carbons (Fsp3) is 0.633. The highest BCUT2D eigenvalue weighted by atomic mass is 16.2. The third kappa shape index (κ3) is 6.43. The first-order chi connectivity index (χ1) is 18.1. The number of carbonyl (C=O) groups is 2. The van der Waals surface area contributed by atoms with Gasteiger partial charge < -0.3 is 21.3 Å². The topological polar surface area (TPSA) is 100 Å². The van der Waals surface area contributed by atoms with Crippen LogP contribution < -0.4 is 16.4 Å². The maximum absolute atomic E-state index is 13.9. The molecule has 1 aromatic carbocycles. The average molecular weight is 506 g/mol. The Morgan fingerprint density at radius 2 is 1.73 bits per heavy atom. The molecule has 37 heavy (non-hydrogen) atoms. The summed E-state index contributed by atoms with van der Waals surface area (Å²) in [6, 6.07) is 7.79. The first kappa shape index (κ1) is 26.0. The van der Waals surface area contributed by atoms with Gasteiger partial charge >= 0.3 is 0 Å². The average Bonchev–Trinajstić information content (AvgIpc) is 3.42. The zero-order chi connectivity index (χ0) is 25.6. The Kier molecular flexibility index (Phi) is 8.59. The molecule has 1 saturated heterocycles. The van der Waals surface area contributed by atoms with Crippen molar-refractivity contribution in [3.63, 3.8) is 0 Å². The second kappa shape index (κ2) is 12.2. The molecule has 2 amide bonds. The number of hydrogen-bond acceptors (Lipinski definition) is 5. The molecule has 0 spiro atoms. The lowest BCUT2D eigenvalue weighted by Crippen LogP contribution is -2.54. The molecule has 3 fully saturated rings. The lowest BCUT2D eigenvalue weighted by Gasteiger charge is -2.35. The minimum atomic E-state index is -0.380. The summed E-state index contributed by atoms with van der Waals surface area (Å²) in [7, 11) is 0. The summed E-state index contributed by atoms with van der Waals surface area (Å²) in [5.74, 6) is 1.22. The molecular weight excluding hydrogens is 462 g/mol. The highest BCUT2D eigenvalue weighted by Gasteiger charge is 2.38. The number of carbonyl (C=O) groups excluding carboxylic acids is 2. The lowest BCUT2D eigenvalue weighted by molar-refractivity contribution is -0.140. The van der Waals surface area contributed by atoms with Gasteiger partial charge in [-0.3, -0.25) is 9.59 Å². The normalized spacial score (nSPS) is 22.3. The monoisotopic (exact) mass is 505 g/mol. The van der Waals surface area contributed by atoms with E-state index in [0.717, 1.165) is 48.4 Å². The van der Waals surface area contributed by atoms with Crippen molar-refractivity contribution in [2.24, 2.45) is 5.92 Å². The minimum absolute atomic E-state index is 0.0470. The molecule has 1 aromatic heterocycles. The SMILES string of the molecule is Nc1nccc2cc(CNC(=O)[C@@H]3CCCN3C(=O)[C@@H](CC3CCCCC3)NC3CCCCC3)ccc12. The van der Waals surface area contributed by atoms with E-state index in [1.165, 1.54) is 51.4 Å². The predicted octanol–water partition coefficient (Wildman–Crippen LogP) is 4.69. The molecule has 2 aliphatic carbocycles. The minimum Gasteiger partial charge on any atom is -0.383 e. The number of nitrogen functional groups attached to an aromatic ring is 1. The van der Waals surface area contributed by atoms with Gasteiger partial charge in [0.15, 0.2) is 0 Å². The second-order valence-corrected chi connectivity index (χ2v) is 11.5. The van der Waals surface area contributed by atoms with Crippen molar-refractivity contribution in [3.8, 4) is 0 Å². The molecule has 2 aromatic rings. The van der Waals surface area contributed by atoms with Crippen LogP contribution in [0.1, 0.15) is 89.0 Å². The van der Waals surface area contributed by atoms with Crippen molar-refractivity contribution in [2.45, 2.75) is 108 Å². The zero-order valence-electron chi connectivity index (χ0n) is 22.1. The number of benzene rings is 1. The molecule has 7 nitrogen and oxygen atoms in total. The molecule has 1 aliphatic heterocycles. The summed E-state index contributed by atoms with van der Waals surface area (Å²) >= 11 is 0. The van der Waals surface area contributed by atoms with E-state index in [1.807, 2.05) is 29.2 Å². The van der Waals surface area contributed by atoms with E-state index >= 15 is 0 Å². The molecule has 2 saturated carbocycles. The van der Waals surface area contributed by atoms with E-state index in [-0.39, 0.29) is 23.9 Å². The Morgan fingerprint density at radius 1 is 0.973 bits per heavy atom. The van der Waals surface area contributed by atoms with Crippen LogP contribution in [0.5, 0.6) is 0 Å². The van der Waals surface area contributed by atoms with E-state index in [1.54, 1.807) is 6.20 Å². The van der Waals surface area contributed by atoms with Crippen LogP contribution in [0.4, 0.5) is 5.82 Å². The number of amides is 2. The third-order valence-corrected chi connectivity index (χ3v) is 8.80. The first-order valence-electron chi connectivity index (χ1n) is 14.6. The van der Waals surface area contributed by atoms with E-state index in [9.17, 15) is 9.59 Å². The standard InChI is InChI=1S/C30H43N5O2/c31-28-25-14-13-22(18-23(25)15-16-32-28)20-33-29(36)27-12-7-17-35(27)30(37)26(19-21-8-3-1-4-9-21)34-24-10-5-2-6-11-24/h13-16,18,21,24,26-27,34H,1-12,17,19-20H2,(H2,31,32)(H,33,36)/t26-,27+/m1/s1. The molecule has 2 atom stereocenters. The summed E-state index contributed by atoms with van der Waals surface area (Å²) in [5.41, 5.74) is 6.98. The van der Waals surface area contributed by atoms with Crippen LogP contribution >= 0.6 is 0 Å². The molecule has 3 aliphatic rings. The van der Waals surface area contributed by atoms with Crippen molar-refractivity contribution in [1.82, 2.24) is 20.5 Å². The number of nitrogens with two attached hydrogens (primary N) is 1. The van der Waals surface area contributed by atoms with Crippen LogP contribution in [-0.2, 0) is 16.1 Å². The number of pyridine rings is 1. The van der Waals surface area contributed by atoms with E-state index < -0.39 is 0 Å². The molecular formula is C30H43N5O2. The van der Waals surface area contributed by atoms with Crippen LogP contribution in [0, 0.1) is 5.92 Å². The summed E-state index contributed by atoms with van der Waals surface area (Å²) in [5, 5.41) is 8.81. The van der Waals surface area contributed by atoms with Gasteiger partial charge in [0.05, 0.1) is 6.04 Å². The van der Waals surface area contributed by atoms with Crippen molar-refractivity contribution >= 4 is 28.4 Å². The number of nitrogens with one attached hydrogen (secondary N) is 2. The maximum atomic E-state index is 13.9. The Labute approximate surface area is 221 Å². The maximum Gasteiger partial charge on any atom is 0.243 e. The highest BCUT2D eigenvalue weighted by molar-refractivity contribution is 5.92. The van der Waals surface area contributed by atoms with Crippen LogP contribution in [0.25, 0.3) is 10.8 Å². The molecule has 0 radical (unpaired) electrons. The van der Waals surface area contributed by atoms with Crippen molar-refractivity contribution in [3.05, 3.63) is 36.0 Å². The van der Waals surface area contributed by atoms with Gasteiger partial charge in [-0.25, -0.2) is 4.98 Å². The van der Waals surface area contributed by atoms with Gasteiger partial charge in [-0.2, -0.15) is 0 Å². The van der Waals surface area contributed by atoms with E-state index in [0.29, 0.717) is 30.9 Å². The van der Waals surface area contributed by atoms with Crippen LogP contribution in [0.15, 0.2) is 30.5 Å². The molecule has 0 bridgehead atoms. The third-order valence-electron chi connectivity index (χ3n) is 8.80. The van der Waals surface area contributed by atoms with Crippen molar-refractivity contribution < 1.29 is 9.59 Å². The van der Waals surface area contributed by atoms with Crippen LogP contribution in [0.3, 0.4) is 0 Å². The lowest BCUT2D eigenvalue weighted by atomic mass is 9.84. The molecule has 2 heterocycles. The van der Waals surface area contributed by atoms with Gasteiger partial charge in [-0.05, 0) is 61.1 Å². The van der Waals surface area contributed by atoms with Gasteiger partial charge in [0.2, 0.25) is 11.8 Å². The second-order valence-electron chi connectivity index (χ2n) is 11.5. The summed E-state index contributed by atoms with van der Waals surface area (Å²) in [6.45, 7) is 1.11. The summed E-state index contributed by atoms with van der Waals surface area (Å²) in [4.78, 5) is 33.2. The molecule has 200 valence electrons. The molecule has 4 N–H and O–H groups in total. The summed E-state index contributed by atoms with van der Waals surface area (Å²) < 4.78 is 0. The fourth-order valence-corrected chi connectivity index (χ4v) is 6.72. The number of likely N-dealkylation sites (tertiary alicyclic amines) is 1. The molecule has 7 heteroatoms. The predicted molar refractivity (Wildman–Crippen MR) is 148 cm³/mol. The highest BCUT2D eigenvalue weighted by Crippen LogP contribution is 2.30. The Hall–Kier alpha value is -2.67. The fourth-order valence-electron chi connectivity index (χ4n) is 6.72. The largest absolute Gasteiger partial charge is 0.383 e. The molecule has 5 rings (SSSR count). The number of nitrogens with zero attached hydrogens (tertiary/aromatic N) is 2. The Morgan fingerprint density at radius 3 is 2.51 bits per heavy atom. The number of anilines is 1. The number of rotatable bonds is 8. The van der Waals surface area contributed by atoms with E-state index in [4.69, 9.17) is 5.73 Å². The van der Waals surface area contributed by atoms with Gasteiger partial charge in [0.25, 0.3) is 0 Å². The van der Waals surface area contributed by atoms with Crippen molar-refractivity contribution in [2.75, 3.05) is 12.3 Å².